The maximum Gasteiger partial charge on any atom is 0.0829 e. The normalized spacial score (nSPS) is 50.7. The van der Waals surface area contributed by atoms with Gasteiger partial charge in [0.1, 0.15) is 0 Å². The van der Waals surface area contributed by atoms with E-state index in [4.69, 9.17) is 0 Å². The lowest BCUT2D eigenvalue weighted by Crippen LogP contribution is -2.29. The Labute approximate surface area is 67.2 Å². The predicted molar refractivity (Wildman–Crippen MR) is 42.1 cm³/mol. The number of aliphatic hydroxyl groups is 2. The summed E-state index contributed by atoms with van der Waals surface area (Å²) in [4.78, 5) is 0. The van der Waals surface area contributed by atoms with Gasteiger partial charge in [-0.05, 0) is 24.7 Å². The van der Waals surface area contributed by atoms with Crippen molar-refractivity contribution in [3.05, 3.63) is 0 Å². The van der Waals surface area contributed by atoms with Crippen molar-refractivity contribution in [2.24, 2.45) is 11.8 Å². The fraction of sp³-hybridized carbons (Fsp3) is 1.00. The molecule has 0 aliphatic heterocycles. The first-order chi connectivity index (χ1) is 5.29. The van der Waals surface area contributed by atoms with Crippen molar-refractivity contribution in [2.75, 3.05) is 0 Å². The van der Waals surface area contributed by atoms with Crippen molar-refractivity contribution >= 4 is 0 Å². The average molecular weight is 156 g/mol. The van der Waals surface area contributed by atoms with Crippen LogP contribution in [0.15, 0.2) is 0 Å². The van der Waals surface area contributed by atoms with Crippen molar-refractivity contribution in [3.63, 3.8) is 0 Å². The summed E-state index contributed by atoms with van der Waals surface area (Å²) in [7, 11) is 0. The molecule has 0 amide bonds. The summed E-state index contributed by atoms with van der Waals surface area (Å²) in [6.07, 6.45) is 4.69. The number of fused-ring (bicyclic) bond motifs is 1. The van der Waals surface area contributed by atoms with Gasteiger partial charge in [0.05, 0.1) is 12.2 Å². The molecule has 4 atom stereocenters. The standard InChI is InChI=1S/C9H16O2/c10-8-4-2-1-3-6-5-7(6)9(8)11/h6-11H,1-5H2. The first-order valence-electron chi connectivity index (χ1n) is 4.65. The number of aliphatic hydroxyl groups excluding tert-OH is 2. The van der Waals surface area contributed by atoms with Gasteiger partial charge in [-0.1, -0.05) is 19.3 Å². The van der Waals surface area contributed by atoms with E-state index in [0.717, 1.165) is 25.2 Å². The molecule has 2 nitrogen and oxygen atoms in total. The molecule has 0 radical (unpaired) electrons. The van der Waals surface area contributed by atoms with E-state index in [1.54, 1.807) is 0 Å². The molecule has 2 aliphatic rings. The van der Waals surface area contributed by atoms with Crippen LogP contribution in [0.25, 0.3) is 0 Å². The molecule has 2 heteroatoms. The second kappa shape index (κ2) is 2.76. The molecular formula is C9H16O2. The zero-order valence-electron chi connectivity index (χ0n) is 6.74. The quantitative estimate of drug-likeness (QED) is 0.547. The summed E-state index contributed by atoms with van der Waals surface area (Å²) in [5.74, 6) is 1.17. The molecule has 0 spiro atoms. The molecule has 4 unspecified atom stereocenters. The largest absolute Gasteiger partial charge is 0.390 e. The lowest BCUT2D eigenvalue weighted by molar-refractivity contribution is -0.00661. The van der Waals surface area contributed by atoms with Crippen LogP contribution < -0.4 is 0 Å². The van der Waals surface area contributed by atoms with Gasteiger partial charge < -0.3 is 10.2 Å². The van der Waals surface area contributed by atoms with E-state index in [-0.39, 0.29) is 0 Å². The molecule has 2 fully saturated rings. The molecule has 2 aliphatic carbocycles. The first kappa shape index (κ1) is 7.56. The van der Waals surface area contributed by atoms with Crippen LogP contribution in [0, 0.1) is 11.8 Å². The lowest BCUT2D eigenvalue weighted by Gasteiger charge is -2.20. The molecule has 2 saturated carbocycles. The highest BCUT2D eigenvalue weighted by Gasteiger charge is 2.44. The van der Waals surface area contributed by atoms with Gasteiger partial charge in [-0.3, -0.25) is 0 Å². The Morgan fingerprint density at radius 1 is 1.00 bits per heavy atom. The fourth-order valence-corrected chi connectivity index (χ4v) is 2.24. The smallest absolute Gasteiger partial charge is 0.0829 e. The van der Waals surface area contributed by atoms with Crippen LogP contribution in [0.4, 0.5) is 0 Å². The SMILES string of the molecule is OC1CCCCC2CC2C1O. The molecular weight excluding hydrogens is 140 g/mol. The lowest BCUT2D eigenvalue weighted by atomic mass is 9.96. The predicted octanol–water partition coefficient (Wildman–Crippen LogP) is 0.918. The third kappa shape index (κ3) is 1.42. The summed E-state index contributed by atoms with van der Waals surface area (Å²) in [6.45, 7) is 0. The number of rotatable bonds is 0. The van der Waals surface area contributed by atoms with Crippen LogP contribution in [-0.2, 0) is 0 Å². The maximum atomic E-state index is 9.54. The first-order valence-corrected chi connectivity index (χ1v) is 4.65. The van der Waals surface area contributed by atoms with Crippen LogP contribution >= 0.6 is 0 Å². The Bertz CT molecular complexity index is 144. The number of hydrogen-bond acceptors (Lipinski definition) is 2. The van der Waals surface area contributed by atoms with E-state index in [9.17, 15) is 10.2 Å². The molecule has 0 aromatic carbocycles. The Morgan fingerprint density at radius 2 is 1.73 bits per heavy atom. The Balaban J connectivity index is 1.95. The third-order valence-corrected chi connectivity index (χ3v) is 3.13. The summed E-state index contributed by atoms with van der Waals surface area (Å²) in [6, 6.07) is 0. The van der Waals surface area contributed by atoms with E-state index < -0.39 is 12.2 Å². The summed E-state index contributed by atoms with van der Waals surface area (Å²) in [5.41, 5.74) is 0. The van der Waals surface area contributed by atoms with Crippen molar-refractivity contribution < 1.29 is 10.2 Å². The second-order valence-corrected chi connectivity index (χ2v) is 4.00. The van der Waals surface area contributed by atoms with Crippen LogP contribution in [-0.4, -0.2) is 22.4 Å². The van der Waals surface area contributed by atoms with Crippen molar-refractivity contribution in [1.82, 2.24) is 0 Å². The topological polar surface area (TPSA) is 40.5 Å². The van der Waals surface area contributed by atoms with E-state index >= 15 is 0 Å². The highest BCUT2D eigenvalue weighted by atomic mass is 16.3. The van der Waals surface area contributed by atoms with Crippen molar-refractivity contribution in [1.29, 1.82) is 0 Å². The molecule has 0 heterocycles. The van der Waals surface area contributed by atoms with Gasteiger partial charge in [0.15, 0.2) is 0 Å². The summed E-state index contributed by atoms with van der Waals surface area (Å²) in [5, 5.41) is 19.0. The van der Waals surface area contributed by atoms with Crippen LogP contribution in [0.1, 0.15) is 32.1 Å². The molecule has 0 aromatic rings. The van der Waals surface area contributed by atoms with Gasteiger partial charge in [-0.2, -0.15) is 0 Å². The molecule has 0 bridgehead atoms. The monoisotopic (exact) mass is 156 g/mol. The Kier molecular flexibility index (Phi) is 1.90. The van der Waals surface area contributed by atoms with Crippen LogP contribution in [0.3, 0.4) is 0 Å². The molecule has 0 saturated heterocycles. The van der Waals surface area contributed by atoms with E-state index in [1.807, 2.05) is 0 Å². The minimum absolute atomic E-state index is 0.416. The van der Waals surface area contributed by atoms with Gasteiger partial charge in [0, 0.05) is 0 Å². The zero-order valence-corrected chi connectivity index (χ0v) is 6.74. The molecule has 0 aromatic heterocycles. The number of hydrogen-bond donors (Lipinski definition) is 2. The minimum atomic E-state index is -0.440. The van der Waals surface area contributed by atoms with Gasteiger partial charge in [0.2, 0.25) is 0 Å². The van der Waals surface area contributed by atoms with Crippen LogP contribution in [0.2, 0.25) is 0 Å². The maximum absolute atomic E-state index is 9.54. The van der Waals surface area contributed by atoms with Gasteiger partial charge >= 0.3 is 0 Å². The van der Waals surface area contributed by atoms with E-state index in [1.165, 1.54) is 12.8 Å². The van der Waals surface area contributed by atoms with E-state index in [2.05, 4.69) is 0 Å². The molecule has 64 valence electrons. The average Bonchev–Trinajstić information content (AvgIpc) is 2.73. The van der Waals surface area contributed by atoms with Gasteiger partial charge in [-0.15, -0.1) is 0 Å². The Hall–Kier alpha value is -0.0800. The van der Waals surface area contributed by atoms with Crippen molar-refractivity contribution in [3.8, 4) is 0 Å². The second-order valence-electron chi connectivity index (χ2n) is 4.00. The zero-order chi connectivity index (χ0) is 7.84. The molecule has 2 rings (SSSR count). The van der Waals surface area contributed by atoms with Crippen molar-refractivity contribution in [2.45, 2.75) is 44.3 Å². The third-order valence-electron chi connectivity index (χ3n) is 3.13. The highest BCUT2D eigenvalue weighted by molar-refractivity contribution is 4.95. The minimum Gasteiger partial charge on any atom is -0.390 e. The summed E-state index contributed by atoms with van der Waals surface area (Å²) >= 11 is 0. The Morgan fingerprint density at radius 3 is 2.55 bits per heavy atom. The van der Waals surface area contributed by atoms with E-state index in [0.29, 0.717) is 5.92 Å². The fourth-order valence-electron chi connectivity index (χ4n) is 2.24. The highest BCUT2D eigenvalue weighted by Crippen LogP contribution is 2.47. The summed E-state index contributed by atoms with van der Waals surface area (Å²) < 4.78 is 0. The van der Waals surface area contributed by atoms with Crippen LogP contribution in [0.5, 0.6) is 0 Å². The molecule has 2 N–H and O–H groups in total. The van der Waals surface area contributed by atoms with Gasteiger partial charge in [0.25, 0.3) is 0 Å². The van der Waals surface area contributed by atoms with Gasteiger partial charge in [-0.25, -0.2) is 0 Å². The molecule has 11 heavy (non-hydrogen) atoms.